The lowest BCUT2D eigenvalue weighted by molar-refractivity contribution is 0.545. The molecule has 1 N–H and O–H groups in total. The van der Waals surface area contributed by atoms with Crippen molar-refractivity contribution in [1.29, 1.82) is 0 Å². The largest absolute Gasteiger partial charge is 0.372 e. The van der Waals surface area contributed by atoms with Crippen molar-refractivity contribution in [2.45, 2.75) is 65.2 Å². The van der Waals surface area contributed by atoms with Gasteiger partial charge in [-0.05, 0) is 6.42 Å². The summed E-state index contributed by atoms with van der Waals surface area (Å²) in [7, 11) is 0. The van der Waals surface area contributed by atoms with Crippen molar-refractivity contribution in [3.8, 4) is 0 Å². The molecule has 16 heavy (non-hydrogen) atoms. The smallest absolute Gasteiger partial charge is 0.0993 e. The molecule has 1 rings (SSSR count). The van der Waals surface area contributed by atoms with Crippen LogP contribution in [0, 0.1) is 5.92 Å². The molecule has 0 aliphatic carbocycles. The second-order valence-electron chi connectivity index (χ2n) is 5.00. The molecule has 1 aliphatic rings. The second kappa shape index (κ2) is 8.60. The number of aliphatic imine (C=N–C) groups is 1. The Bertz CT molecular complexity index is 199. The summed E-state index contributed by atoms with van der Waals surface area (Å²) < 4.78 is 0. The maximum Gasteiger partial charge on any atom is 0.0993 e. The SMILES string of the molecule is CCCCCCCCCC(C)C1=NCCN1. The van der Waals surface area contributed by atoms with Crippen LogP contribution in [0.2, 0.25) is 0 Å². The van der Waals surface area contributed by atoms with E-state index in [1.54, 1.807) is 0 Å². The first-order valence-electron chi connectivity index (χ1n) is 7.12. The van der Waals surface area contributed by atoms with Crippen LogP contribution in [0.4, 0.5) is 0 Å². The molecule has 1 aliphatic heterocycles. The third-order valence-electron chi connectivity index (χ3n) is 3.41. The average Bonchev–Trinajstić information content (AvgIpc) is 2.81. The summed E-state index contributed by atoms with van der Waals surface area (Å²) in [5.41, 5.74) is 0. The molecule has 2 nitrogen and oxygen atoms in total. The van der Waals surface area contributed by atoms with E-state index in [2.05, 4.69) is 24.2 Å². The molecule has 1 atom stereocenters. The van der Waals surface area contributed by atoms with Crippen molar-refractivity contribution in [3.05, 3.63) is 0 Å². The molecule has 94 valence electrons. The lowest BCUT2D eigenvalue weighted by atomic mass is 10.0. The van der Waals surface area contributed by atoms with Crippen molar-refractivity contribution in [2.24, 2.45) is 10.9 Å². The standard InChI is InChI=1S/C14H28N2/c1-3-4-5-6-7-8-9-10-13(2)14-15-11-12-16-14/h13H,3-12H2,1-2H3,(H,15,16). The van der Waals surface area contributed by atoms with Crippen molar-refractivity contribution in [2.75, 3.05) is 13.1 Å². The van der Waals surface area contributed by atoms with Crippen molar-refractivity contribution in [1.82, 2.24) is 5.32 Å². The molecule has 1 heterocycles. The first-order chi connectivity index (χ1) is 7.84. The number of hydrogen-bond acceptors (Lipinski definition) is 2. The summed E-state index contributed by atoms with van der Waals surface area (Å²) in [5.74, 6) is 1.91. The predicted octanol–water partition coefficient (Wildman–Crippen LogP) is 3.76. The molecule has 0 spiro atoms. The van der Waals surface area contributed by atoms with E-state index < -0.39 is 0 Å². The minimum absolute atomic E-state index is 0.651. The van der Waals surface area contributed by atoms with Gasteiger partial charge >= 0.3 is 0 Å². The maximum absolute atomic E-state index is 4.48. The summed E-state index contributed by atoms with van der Waals surface area (Å²) in [6, 6.07) is 0. The van der Waals surface area contributed by atoms with Gasteiger partial charge in [0.2, 0.25) is 0 Å². The lowest BCUT2D eigenvalue weighted by Crippen LogP contribution is -2.25. The quantitative estimate of drug-likeness (QED) is 0.592. The number of amidine groups is 1. The topological polar surface area (TPSA) is 24.4 Å². The van der Waals surface area contributed by atoms with E-state index in [4.69, 9.17) is 0 Å². The lowest BCUT2D eigenvalue weighted by Gasteiger charge is -2.11. The Balaban J connectivity index is 1.90. The Hall–Kier alpha value is -0.530. The summed E-state index contributed by atoms with van der Waals surface area (Å²) in [5, 5.41) is 3.38. The van der Waals surface area contributed by atoms with Gasteiger partial charge in [-0.3, -0.25) is 4.99 Å². The van der Waals surface area contributed by atoms with Crippen LogP contribution in [0.5, 0.6) is 0 Å². The highest BCUT2D eigenvalue weighted by atomic mass is 15.1. The Kier molecular flexibility index (Phi) is 7.28. The van der Waals surface area contributed by atoms with Gasteiger partial charge in [0.15, 0.2) is 0 Å². The first-order valence-corrected chi connectivity index (χ1v) is 7.12. The monoisotopic (exact) mass is 224 g/mol. The van der Waals surface area contributed by atoms with Crippen LogP contribution in [0.15, 0.2) is 4.99 Å². The summed E-state index contributed by atoms with van der Waals surface area (Å²) in [6.45, 7) is 6.61. The van der Waals surface area contributed by atoms with Gasteiger partial charge in [0.25, 0.3) is 0 Å². The predicted molar refractivity (Wildman–Crippen MR) is 72.1 cm³/mol. The fourth-order valence-corrected chi connectivity index (χ4v) is 2.29. The second-order valence-corrected chi connectivity index (χ2v) is 5.00. The zero-order chi connectivity index (χ0) is 11.6. The number of rotatable bonds is 9. The Morgan fingerprint density at radius 3 is 2.44 bits per heavy atom. The molecule has 2 heteroatoms. The molecule has 0 saturated carbocycles. The van der Waals surface area contributed by atoms with Gasteiger partial charge in [0, 0.05) is 12.5 Å². The molecular weight excluding hydrogens is 196 g/mol. The molecule has 0 aromatic heterocycles. The van der Waals surface area contributed by atoms with Gasteiger partial charge in [-0.15, -0.1) is 0 Å². The first kappa shape index (κ1) is 13.5. The molecule has 0 aromatic rings. The molecule has 0 fully saturated rings. The van der Waals surface area contributed by atoms with Gasteiger partial charge < -0.3 is 5.32 Å². The van der Waals surface area contributed by atoms with E-state index >= 15 is 0 Å². The van der Waals surface area contributed by atoms with Crippen LogP contribution >= 0.6 is 0 Å². The minimum Gasteiger partial charge on any atom is -0.372 e. The summed E-state index contributed by atoms with van der Waals surface area (Å²) in [6.07, 6.45) is 11.1. The van der Waals surface area contributed by atoms with Gasteiger partial charge in [0.05, 0.1) is 12.4 Å². The molecule has 0 bridgehead atoms. The molecule has 0 aromatic carbocycles. The number of nitrogens with zero attached hydrogens (tertiary/aromatic N) is 1. The van der Waals surface area contributed by atoms with E-state index in [1.165, 1.54) is 57.2 Å². The zero-order valence-corrected chi connectivity index (χ0v) is 11.1. The van der Waals surface area contributed by atoms with E-state index in [-0.39, 0.29) is 0 Å². The highest BCUT2D eigenvalue weighted by Gasteiger charge is 2.12. The van der Waals surface area contributed by atoms with E-state index in [1.807, 2.05) is 0 Å². The Labute approximate surface area is 101 Å². The van der Waals surface area contributed by atoms with Crippen LogP contribution in [-0.4, -0.2) is 18.9 Å². The van der Waals surface area contributed by atoms with E-state index in [9.17, 15) is 0 Å². The third-order valence-corrected chi connectivity index (χ3v) is 3.41. The number of nitrogens with one attached hydrogen (secondary N) is 1. The highest BCUT2D eigenvalue weighted by molar-refractivity contribution is 5.85. The highest BCUT2D eigenvalue weighted by Crippen LogP contribution is 2.14. The van der Waals surface area contributed by atoms with Gasteiger partial charge in [0.1, 0.15) is 0 Å². The van der Waals surface area contributed by atoms with Gasteiger partial charge in [-0.1, -0.05) is 58.8 Å². The summed E-state index contributed by atoms with van der Waals surface area (Å²) >= 11 is 0. The van der Waals surface area contributed by atoms with Gasteiger partial charge in [-0.2, -0.15) is 0 Å². The van der Waals surface area contributed by atoms with Crippen molar-refractivity contribution >= 4 is 5.84 Å². The molecule has 0 radical (unpaired) electrons. The van der Waals surface area contributed by atoms with Crippen LogP contribution in [0.25, 0.3) is 0 Å². The minimum atomic E-state index is 0.651. The molecular formula is C14H28N2. The van der Waals surface area contributed by atoms with Crippen LogP contribution in [0.1, 0.15) is 65.2 Å². The van der Waals surface area contributed by atoms with E-state index in [0.717, 1.165) is 13.1 Å². The third kappa shape index (κ3) is 5.53. The Morgan fingerprint density at radius 2 is 1.81 bits per heavy atom. The zero-order valence-electron chi connectivity index (χ0n) is 11.1. The average molecular weight is 224 g/mol. The van der Waals surface area contributed by atoms with Crippen LogP contribution < -0.4 is 5.32 Å². The number of unbranched alkanes of at least 4 members (excludes halogenated alkanes) is 6. The summed E-state index contributed by atoms with van der Waals surface area (Å²) in [4.78, 5) is 4.48. The van der Waals surface area contributed by atoms with Crippen molar-refractivity contribution in [3.63, 3.8) is 0 Å². The number of hydrogen-bond donors (Lipinski definition) is 1. The fraction of sp³-hybridized carbons (Fsp3) is 0.929. The molecule has 0 amide bonds. The Morgan fingerprint density at radius 1 is 1.12 bits per heavy atom. The van der Waals surface area contributed by atoms with Crippen LogP contribution in [-0.2, 0) is 0 Å². The van der Waals surface area contributed by atoms with Crippen molar-refractivity contribution < 1.29 is 0 Å². The molecule has 0 saturated heterocycles. The fourth-order valence-electron chi connectivity index (χ4n) is 2.29. The van der Waals surface area contributed by atoms with Gasteiger partial charge in [-0.25, -0.2) is 0 Å². The normalized spacial score (nSPS) is 17.0. The van der Waals surface area contributed by atoms with E-state index in [0.29, 0.717) is 5.92 Å². The molecule has 1 unspecified atom stereocenters. The van der Waals surface area contributed by atoms with Crippen LogP contribution in [0.3, 0.4) is 0 Å². The maximum atomic E-state index is 4.48.